The predicted octanol–water partition coefficient (Wildman–Crippen LogP) is 3.40. The van der Waals surface area contributed by atoms with Crippen molar-refractivity contribution in [3.8, 4) is 0 Å². The van der Waals surface area contributed by atoms with E-state index in [2.05, 4.69) is 4.98 Å². The Balaban J connectivity index is 1.66. The normalized spacial score (nSPS) is 16.7. The number of alkyl halides is 3. The number of hydrogen-bond acceptors (Lipinski definition) is 4. The van der Waals surface area contributed by atoms with E-state index in [1.807, 2.05) is 0 Å². The van der Waals surface area contributed by atoms with Gasteiger partial charge in [0.1, 0.15) is 0 Å². The van der Waals surface area contributed by atoms with E-state index in [1.165, 1.54) is 11.0 Å². The van der Waals surface area contributed by atoms with Gasteiger partial charge in [-0.2, -0.15) is 13.2 Å². The van der Waals surface area contributed by atoms with Crippen molar-refractivity contribution in [1.29, 1.82) is 0 Å². The number of carboxylic acids is 1. The van der Waals surface area contributed by atoms with Crippen LogP contribution in [0.2, 0.25) is 0 Å². The molecule has 1 unspecified atom stereocenters. The molecule has 0 fully saturated rings. The first-order valence-corrected chi connectivity index (χ1v) is 8.98. The third-order valence-corrected chi connectivity index (χ3v) is 5.18. The molecule has 1 aliphatic heterocycles. The van der Waals surface area contributed by atoms with E-state index in [4.69, 9.17) is 0 Å². The number of aliphatic carboxylic acids is 1. The van der Waals surface area contributed by atoms with Crippen LogP contribution in [0.4, 0.5) is 13.2 Å². The second-order valence-corrected chi connectivity index (χ2v) is 7.03. The molecule has 2 aromatic rings. The Kier molecular flexibility index (Phi) is 5.41. The number of benzene rings is 1. The first-order valence-electron chi connectivity index (χ1n) is 8.00. The van der Waals surface area contributed by atoms with Gasteiger partial charge in [0.25, 0.3) is 0 Å². The van der Waals surface area contributed by atoms with Crippen molar-refractivity contribution in [2.45, 2.75) is 23.7 Å². The summed E-state index contributed by atoms with van der Waals surface area (Å²) in [6.07, 6.45) is -3.73. The number of carboxylic acid groups (broad SMARTS) is 1. The molecule has 1 N–H and O–H groups in total. The zero-order valence-electron chi connectivity index (χ0n) is 13.9. The number of thioether (sulfide) groups is 1. The molecule has 1 amide bonds. The summed E-state index contributed by atoms with van der Waals surface area (Å²) in [5, 5.41) is 9.73. The van der Waals surface area contributed by atoms with E-state index in [-0.39, 0.29) is 18.2 Å². The van der Waals surface area contributed by atoms with E-state index in [9.17, 15) is 27.9 Å². The van der Waals surface area contributed by atoms with Crippen LogP contribution in [-0.4, -0.2) is 39.2 Å². The molecule has 2 heterocycles. The second-order valence-electron chi connectivity index (χ2n) is 6.04. The van der Waals surface area contributed by atoms with Crippen molar-refractivity contribution >= 4 is 23.6 Å². The number of hydrogen-bond donors (Lipinski definition) is 1. The van der Waals surface area contributed by atoms with Crippen LogP contribution in [0.25, 0.3) is 0 Å². The van der Waals surface area contributed by atoms with Gasteiger partial charge in [-0.3, -0.25) is 9.59 Å². The SMILES string of the molecule is O=C(O)C1CN(C(=O)CSc2ccc(C(F)(F)F)cn2)Cc2ccccc21. The Morgan fingerprint density at radius 2 is 1.96 bits per heavy atom. The van der Waals surface area contributed by atoms with Gasteiger partial charge in [0.05, 0.1) is 22.3 Å². The Bertz CT molecular complexity index is 856. The maximum atomic E-state index is 12.5. The molecule has 3 rings (SSSR count). The Morgan fingerprint density at radius 3 is 2.59 bits per heavy atom. The van der Waals surface area contributed by atoms with E-state index < -0.39 is 23.6 Å². The highest BCUT2D eigenvalue weighted by molar-refractivity contribution is 7.99. The van der Waals surface area contributed by atoms with Crippen LogP contribution in [0.3, 0.4) is 0 Å². The molecule has 1 aromatic heterocycles. The molecule has 27 heavy (non-hydrogen) atoms. The van der Waals surface area contributed by atoms with Crippen LogP contribution in [0, 0.1) is 0 Å². The molecule has 0 saturated heterocycles. The van der Waals surface area contributed by atoms with Gasteiger partial charge in [-0.25, -0.2) is 4.98 Å². The summed E-state index contributed by atoms with van der Waals surface area (Å²) < 4.78 is 37.6. The maximum absolute atomic E-state index is 12.5. The Morgan fingerprint density at radius 1 is 1.22 bits per heavy atom. The lowest BCUT2D eigenvalue weighted by atomic mass is 9.90. The number of halogens is 3. The lowest BCUT2D eigenvalue weighted by Crippen LogP contribution is -2.41. The third kappa shape index (κ3) is 4.41. The van der Waals surface area contributed by atoms with E-state index in [1.54, 1.807) is 24.3 Å². The van der Waals surface area contributed by atoms with Crippen LogP contribution in [0.15, 0.2) is 47.6 Å². The van der Waals surface area contributed by atoms with Crippen molar-refractivity contribution in [3.63, 3.8) is 0 Å². The molecular formula is C18H15F3N2O3S. The monoisotopic (exact) mass is 396 g/mol. The fraction of sp³-hybridized carbons (Fsp3) is 0.278. The molecule has 0 radical (unpaired) electrons. The highest BCUT2D eigenvalue weighted by atomic mass is 32.2. The number of amides is 1. The molecular weight excluding hydrogens is 381 g/mol. The Hall–Kier alpha value is -2.55. The highest BCUT2D eigenvalue weighted by Crippen LogP contribution is 2.31. The molecule has 142 valence electrons. The van der Waals surface area contributed by atoms with Gasteiger partial charge in [0.15, 0.2) is 0 Å². The van der Waals surface area contributed by atoms with E-state index >= 15 is 0 Å². The van der Waals surface area contributed by atoms with Gasteiger partial charge in [-0.05, 0) is 23.3 Å². The van der Waals surface area contributed by atoms with Crippen molar-refractivity contribution in [1.82, 2.24) is 9.88 Å². The molecule has 1 atom stereocenters. The summed E-state index contributed by atoms with van der Waals surface area (Å²) >= 11 is 1.02. The van der Waals surface area contributed by atoms with Crippen LogP contribution in [0.5, 0.6) is 0 Å². The molecule has 0 aliphatic carbocycles. The number of rotatable bonds is 4. The highest BCUT2D eigenvalue weighted by Gasteiger charge is 2.33. The van der Waals surface area contributed by atoms with Crippen molar-refractivity contribution in [3.05, 3.63) is 59.3 Å². The minimum absolute atomic E-state index is 0.0349. The topological polar surface area (TPSA) is 70.5 Å². The lowest BCUT2D eigenvalue weighted by Gasteiger charge is -2.32. The number of fused-ring (bicyclic) bond motifs is 1. The lowest BCUT2D eigenvalue weighted by molar-refractivity contribution is -0.141. The smallest absolute Gasteiger partial charge is 0.417 e. The largest absolute Gasteiger partial charge is 0.481 e. The van der Waals surface area contributed by atoms with Gasteiger partial charge in [0.2, 0.25) is 5.91 Å². The molecule has 1 aromatic carbocycles. The molecule has 0 spiro atoms. The molecule has 1 aliphatic rings. The van der Waals surface area contributed by atoms with Gasteiger partial charge in [-0.15, -0.1) is 0 Å². The molecule has 0 saturated carbocycles. The first kappa shape index (κ1) is 19.2. The second kappa shape index (κ2) is 7.59. The predicted molar refractivity (Wildman–Crippen MR) is 92.2 cm³/mol. The quantitative estimate of drug-likeness (QED) is 0.802. The number of aromatic nitrogens is 1. The average Bonchev–Trinajstić information content (AvgIpc) is 2.64. The van der Waals surface area contributed by atoms with Crippen molar-refractivity contribution < 1.29 is 27.9 Å². The first-order chi connectivity index (χ1) is 12.8. The zero-order valence-corrected chi connectivity index (χ0v) is 14.8. The Labute approximate surface area is 157 Å². The number of carbonyl (C=O) groups is 2. The number of carbonyl (C=O) groups excluding carboxylic acids is 1. The number of pyridine rings is 1. The summed E-state index contributed by atoms with van der Waals surface area (Å²) in [6.45, 7) is 0.367. The summed E-state index contributed by atoms with van der Waals surface area (Å²) in [5.41, 5.74) is 0.628. The average molecular weight is 396 g/mol. The van der Waals surface area contributed by atoms with Crippen LogP contribution < -0.4 is 0 Å². The summed E-state index contributed by atoms with van der Waals surface area (Å²) in [7, 11) is 0. The molecule has 0 bridgehead atoms. The summed E-state index contributed by atoms with van der Waals surface area (Å²) in [5.74, 6) is -2.13. The van der Waals surface area contributed by atoms with E-state index in [0.717, 1.165) is 29.6 Å². The van der Waals surface area contributed by atoms with Crippen LogP contribution >= 0.6 is 11.8 Å². The van der Waals surface area contributed by atoms with Crippen LogP contribution in [-0.2, 0) is 22.3 Å². The zero-order chi connectivity index (χ0) is 19.6. The maximum Gasteiger partial charge on any atom is 0.417 e. The standard InChI is InChI=1S/C18H15F3N2O3S/c19-18(20,21)12-5-6-15(22-7-12)27-10-16(24)23-8-11-3-1-2-4-13(11)14(9-23)17(25)26/h1-7,14H,8-10H2,(H,25,26). The van der Waals surface area contributed by atoms with Gasteiger partial charge in [0, 0.05) is 19.3 Å². The molecule has 5 nitrogen and oxygen atoms in total. The van der Waals surface area contributed by atoms with E-state index in [0.29, 0.717) is 17.1 Å². The third-order valence-electron chi connectivity index (χ3n) is 4.25. The summed E-state index contributed by atoms with van der Waals surface area (Å²) in [6, 6.07) is 9.21. The van der Waals surface area contributed by atoms with Crippen LogP contribution in [0.1, 0.15) is 22.6 Å². The van der Waals surface area contributed by atoms with Gasteiger partial charge < -0.3 is 10.0 Å². The van der Waals surface area contributed by atoms with Crippen molar-refractivity contribution in [2.24, 2.45) is 0 Å². The van der Waals surface area contributed by atoms with Crippen molar-refractivity contribution in [2.75, 3.05) is 12.3 Å². The minimum Gasteiger partial charge on any atom is -0.481 e. The molecule has 9 heteroatoms. The minimum atomic E-state index is -4.46. The number of nitrogens with zero attached hydrogens (tertiary/aromatic N) is 2. The fourth-order valence-electron chi connectivity index (χ4n) is 2.87. The fourth-order valence-corrected chi connectivity index (χ4v) is 3.61. The van der Waals surface area contributed by atoms with Gasteiger partial charge >= 0.3 is 12.1 Å². The summed E-state index contributed by atoms with van der Waals surface area (Å²) in [4.78, 5) is 29.2. The van der Waals surface area contributed by atoms with Gasteiger partial charge in [-0.1, -0.05) is 36.0 Å².